The Morgan fingerprint density at radius 2 is 1.76 bits per heavy atom. The summed E-state index contributed by atoms with van der Waals surface area (Å²) in [4.78, 5) is 26.9. The highest BCUT2D eigenvalue weighted by Crippen LogP contribution is 2.30. The van der Waals surface area contributed by atoms with Crippen LogP contribution in [0.3, 0.4) is 0 Å². The van der Waals surface area contributed by atoms with Gasteiger partial charge in [0, 0.05) is 24.7 Å². The summed E-state index contributed by atoms with van der Waals surface area (Å²) >= 11 is 0. The molecule has 0 unspecified atom stereocenters. The number of fused-ring (bicyclic) bond motifs is 1. The number of hydrogen-bond acceptors (Lipinski definition) is 4. The van der Waals surface area contributed by atoms with Gasteiger partial charge in [0.2, 0.25) is 0 Å². The molecule has 0 aromatic heterocycles. The molecule has 2 saturated heterocycles. The van der Waals surface area contributed by atoms with Crippen molar-refractivity contribution >= 4 is 12.0 Å². The molecule has 2 atom stereocenters. The maximum atomic E-state index is 12.6. The zero-order valence-corrected chi connectivity index (χ0v) is 18.0. The van der Waals surface area contributed by atoms with E-state index in [1.807, 2.05) is 45.0 Å². The smallest absolute Gasteiger partial charge is 0.407 e. The Hall–Kier alpha value is -2.08. The standard InChI is InChI=1S/C23H35N3O3/c1-23(2,3)29-22(28)25-15-17-9-11-18(12-10-17)21(27)24-16-19-7-6-14-26-13-5-4-8-20(19)26/h9-12,19-20H,4-8,13-16H2,1-3H3,(H,24,27)(H,25,28)/t19-,20-/m0/s1. The van der Waals surface area contributed by atoms with Crippen molar-refractivity contribution < 1.29 is 14.3 Å². The van der Waals surface area contributed by atoms with Crippen LogP contribution in [0.5, 0.6) is 0 Å². The number of rotatable bonds is 5. The molecule has 2 aliphatic rings. The van der Waals surface area contributed by atoms with Gasteiger partial charge < -0.3 is 20.3 Å². The van der Waals surface area contributed by atoms with Gasteiger partial charge in [0.05, 0.1) is 0 Å². The Bertz CT molecular complexity index is 694. The first-order valence-corrected chi connectivity index (χ1v) is 10.9. The molecule has 6 heteroatoms. The molecule has 2 aliphatic heterocycles. The SMILES string of the molecule is CC(C)(C)OC(=O)NCc1ccc(C(=O)NC[C@@H]2CCCN3CCCC[C@@H]23)cc1. The lowest BCUT2D eigenvalue weighted by molar-refractivity contribution is 0.0523. The van der Waals surface area contributed by atoms with Crippen LogP contribution in [0.25, 0.3) is 0 Å². The van der Waals surface area contributed by atoms with Gasteiger partial charge >= 0.3 is 6.09 Å². The number of nitrogens with zero attached hydrogens (tertiary/aromatic N) is 1. The minimum absolute atomic E-state index is 0.0235. The number of piperidine rings is 2. The van der Waals surface area contributed by atoms with Gasteiger partial charge in [-0.2, -0.15) is 0 Å². The predicted octanol–water partition coefficient (Wildman–Crippen LogP) is 3.71. The molecular weight excluding hydrogens is 366 g/mol. The molecule has 160 valence electrons. The largest absolute Gasteiger partial charge is 0.444 e. The van der Waals surface area contributed by atoms with Crippen molar-refractivity contribution in [1.29, 1.82) is 0 Å². The van der Waals surface area contributed by atoms with Crippen LogP contribution in [0.4, 0.5) is 4.79 Å². The van der Waals surface area contributed by atoms with E-state index in [0.29, 0.717) is 24.1 Å². The third kappa shape index (κ3) is 6.46. The Balaban J connectivity index is 1.46. The first-order chi connectivity index (χ1) is 13.8. The number of nitrogens with one attached hydrogen (secondary N) is 2. The molecular formula is C23H35N3O3. The van der Waals surface area contributed by atoms with Crippen LogP contribution < -0.4 is 10.6 Å². The fourth-order valence-electron chi connectivity index (χ4n) is 4.40. The van der Waals surface area contributed by atoms with E-state index in [1.54, 1.807) is 0 Å². The number of carbonyl (C=O) groups excluding carboxylic acids is 2. The maximum Gasteiger partial charge on any atom is 0.407 e. The Morgan fingerprint density at radius 1 is 1.03 bits per heavy atom. The normalized spacial score (nSPS) is 22.4. The number of amides is 2. The molecule has 0 bridgehead atoms. The molecule has 0 aliphatic carbocycles. The summed E-state index contributed by atoms with van der Waals surface area (Å²) in [7, 11) is 0. The van der Waals surface area contributed by atoms with Gasteiger partial charge in [-0.1, -0.05) is 18.6 Å². The van der Waals surface area contributed by atoms with Crippen molar-refractivity contribution in [2.45, 2.75) is 71.1 Å². The van der Waals surface area contributed by atoms with Crippen molar-refractivity contribution in [1.82, 2.24) is 15.5 Å². The molecule has 2 N–H and O–H groups in total. The molecule has 29 heavy (non-hydrogen) atoms. The average molecular weight is 402 g/mol. The lowest BCUT2D eigenvalue weighted by Gasteiger charge is -2.44. The molecule has 6 nitrogen and oxygen atoms in total. The van der Waals surface area contributed by atoms with Crippen LogP contribution >= 0.6 is 0 Å². The summed E-state index contributed by atoms with van der Waals surface area (Å²) < 4.78 is 5.23. The fraction of sp³-hybridized carbons (Fsp3) is 0.652. The van der Waals surface area contributed by atoms with Gasteiger partial charge in [0.15, 0.2) is 0 Å². The molecule has 2 amide bonds. The summed E-state index contributed by atoms with van der Waals surface area (Å²) in [6, 6.07) is 8.01. The minimum atomic E-state index is -0.515. The second-order valence-electron chi connectivity index (χ2n) is 9.26. The zero-order valence-electron chi connectivity index (χ0n) is 18.0. The van der Waals surface area contributed by atoms with E-state index in [9.17, 15) is 9.59 Å². The highest BCUT2D eigenvalue weighted by molar-refractivity contribution is 5.94. The highest BCUT2D eigenvalue weighted by Gasteiger charge is 2.32. The van der Waals surface area contributed by atoms with Crippen molar-refractivity contribution in [3.63, 3.8) is 0 Å². The molecule has 1 aromatic rings. The van der Waals surface area contributed by atoms with Crippen molar-refractivity contribution in [3.8, 4) is 0 Å². The summed E-state index contributed by atoms with van der Waals surface area (Å²) in [6.45, 7) is 9.05. The third-order valence-electron chi connectivity index (χ3n) is 5.81. The molecule has 0 radical (unpaired) electrons. The lowest BCUT2D eigenvalue weighted by atomic mass is 9.83. The number of benzene rings is 1. The van der Waals surface area contributed by atoms with E-state index in [0.717, 1.165) is 12.1 Å². The lowest BCUT2D eigenvalue weighted by Crippen LogP contribution is -2.51. The number of ether oxygens (including phenoxy) is 1. The Morgan fingerprint density at radius 3 is 2.48 bits per heavy atom. The van der Waals surface area contributed by atoms with Crippen LogP contribution in [0.15, 0.2) is 24.3 Å². The van der Waals surface area contributed by atoms with Crippen molar-refractivity contribution in [2.75, 3.05) is 19.6 Å². The van der Waals surface area contributed by atoms with Crippen LogP contribution in [0.2, 0.25) is 0 Å². The van der Waals surface area contributed by atoms with Crippen molar-refractivity contribution in [3.05, 3.63) is 35.4 Å². The average Bonchev–Trinajstić information content (AvgIpc) is 2.69. The maximum absolute atomic E-state index is 12.6. The third-order valence-corrected chi connectivity index (χ3v) is 5.81. The first-order valence-electron chi connectivity index (χ1n) is 10.9. The quantitative estimate of drug-likeness (QED) is 0.789. The van der Waals surface area contributed by atoms with Gasteiger partial charge in [-0.3, -0.25) is 4.79 Å². The number of carbonyl (C=O) groups is 2. The monoisotopic (exact) mass is 401 g/mol. The van der Waals surface area contributed by atoms with E-state index in [1.165, 1.54) is 45.2 Å². The van der Waals surface area contributed by atoms with Crippen LogP contribution in [-0.2, 0) is 11.3 Å². The van der Waals surface area contributed by atoms with E-state index in [2.05, 4.69) is 15.5 Å². The van der Waals surface area contributed by atoms with Gasteiger partial charge in [-0.15, -0.1) is 0 Å². The van der Waals surface area contributed by atoms with Crippen LogP contribution in [0.1, 0.15) is 68.8 Å². The predicted molar refractivity (Wildman–Crippen MR) is 114 cm³/mol. The minimum Gasteiger partial charge on any atom is -0.444 e. The van der Waals surface area contributed by atoms with Gasteiger partial charge in [-0.25, -0.2) is 4.79 Å². The van der Waals surface area contributed by atoms with Gasteiger partial charge in [0.1, 0.15) is 5.60 Å². The summed E-state index contributed by atoms with van der Waals surface area (Å²) in [5.74, 6) is 0.537. The van der Waals surface area contributed by atoms with Gasteiger partial charge in [0.25, 0.3) is 5.91 Å². The van der Waals surface area contributed by atoms with Crippen molar-refractivity contribution in [2.24, 2.45) is 5.92 Å². The molecule has 2 fully saturated rings. The van der Waals surface area contributed by atoms with Crippen LogP contribution in [0, 0.1) is 5.92 Å². The van der Waals surface area contributed by atoms with E-state index >= 15 is 0 Å². The highest BCUT2D eigenvalue weighted by atomic mass is 16.6. The van der Waals surface area contributed by atoms with Gasteiger partial charge in [-0.05, 0) is 83.2 Å². The van der Waals surface area contributed by atoms with Crippen LogP contribution in [-0.4, -0.2) is 48.2 Å². The molecule has 0 spiro atoms. The van der Waals surface area contributed by atoms with E-state index < -0.39 is 11.7 Å². The second-order valence-corrected chi connectivity index (χ2v) is 9.26. The first kappa shape index (κ1) is 21.6. The summed E-state index contributed by atoms with van der Waals surface area (Å²) in [5, 5.41) is 5.87. The molecule has 1 aromatic carbocycles. The molecule has 2 heterocycles. The topological polar surface area (TPSA) is 70.7 Å². The van der Waals surface area contributed by atoms with E-state index in [4.69, 9.17) is 4.74 Å². The number of hydrogen-bond donors (Lipinski definition) is 2. The summed E-state index contributed by atoms with van der Waals surface area (Å²) in [5.41, 5.74) is 1.07. The number of alkyl carbamates (subject to hydrolysis) is 1. The fourth-order valence-corrected chi connectivity index (χ4v) is 4.40. The summed E-state index contributed by atoms with van der Waals surface area (Å²) in [6.07, 6.45) is 5.88. The Kier molecular flexibility index (Phi) is 7.17. The van der Waals surface area contributed by atoms with E-state index in [-0.39, 0.29) is 5.91 Å². The Labute approximate surface area is 174 Å². The second kappa shape index (κ2) is 9.61. The molecule has 3 rings (SSSR count). The zero-order chi connectivity index (χ0) is 20.9. The molecule has 0 saturated carbocycles.